The third-order valence-electron chi connectivity index (χ3n) is 3.73. The summed E-state index contributed by atoms with van der Waals surface area (Å²) >= 11 is 1.32. The topological polar surface area (TPSA) is 90.6 Å². The van der Waals surface area contributed by atoms with Crippen LogP contribution in [0.15, 0.2) is 50.6 Å². The van der Waals surface area contributed by atoms with Crippen LogP contribution in [0.3, 0.4) is 0 Å². The van der Waals surface area contributed by atoms with E-state index < -0.39 is 4.92 Å². The van der Waals surface area contributed by atoms with Crippen molar-refractivity contribution in [3.8, 4) is 11.3 Å². The average Bonchev–Trinajstić information content (AvgIpc) is 3.28. The molecular weight excluding hydrogens is 330 g/mol. The average molecular weight is 341 g/mol. The summed E-state index contributed by atoms with van der Waals surface area (Å²) in [6.45, 7) is 1.25. The quantitative estimate of drug-likeness (QED) is 0.534. The van der Waals surface area contributed by atoms with Crippen molar-refractivity contribution < 1.29 is 9.34 Å². The van der Waals surface area contributed by atoms with Crippen molar-refractivity contribution in [2.45, 2.75) is 6.54 Å². The van der Waals surface area contributed by atoms with Crippen molar-refractivity contribution >= 4 is 23.1 Å². The summed E-state index contributed by atoms with van der Waals surface area (Å²) in [5.41, 5.74) is 0.301. The Morgan fingerprint density at radius 2 is 2.12 bits per heavy atom. The molecule has 0 saturated carbocycles. The largest absolute Gasteiger partial charge is 0.456 e. The summed E-state index contributed by atoms with van der Waals surface area (Å²) in [7, 11) is 0. The van der Waals surface area contributed by atoms with Crippen molar-refractivity contribution in [3.05, 3.63) is 72.0 Å². The molecule has 0 unspecified atom stereocenters. The molecule has 0 fully saturated rings. The van der Waals surface area contributed by atoms with E-state index in [4.69, 9.17) is 4.42 Å². The van der Waals surface area contributed by atoms with Crippen LogP contribution in [0.4, 0.5) is 5.69 Å². The highest BCUT2D eigenvalue weighted by molar-refractivity contribution is 7.07. The van der Waals surface area contributed by atoms with Crippen LogP contribution in [0, 0.1) is 10.1 Å². The Morgan fingerprint density at radius 1 is 1.29 bits per heavy atom. The minimum atomic E-state index is -0.445. The smallest absolute Gasteiger partial charge is 0.280 e. The standard InChI is InChI=1S/C16H11N3O4S/c20-15-14(24-16-17-7-8-18(15)16)9-10-5-6-13(23-10)11-3-1-2-4-12(11)19(21)22/h1-6,9H,7-8H2/b14-9+. The first-order valence-electron chi connectivity index (χ1n) is 7.23. The lowest BCUT2D eigenvalue weighted by molar-refractivity contribution is -0.384. The van der Waals surface area contributed by atoms with Crippen LogP contribution in [0.1, 0.15) is 5.76 Å². The fraction of sp³-hybridized carbons (Fsp3) is 0.125. The minimum Gasteiger partial charge on any atom is -0.456 e. The minimum absolute atomic E-state index is 0.0210. The van der Waals surface area contributed by atoms with Gasteiger partial charge >= 0.3 is 0 Å². The molecule has 0 N–H and O–H groups in total. The van der Waals surface area contributed by atoms with Gasteiger partial charge < -0.3 is 4.42 Å². The molecule has 0 bridgehead atoms. The summed E-state index contributed by atoms with van der Waals surface area (Å²) in [6.07, 6.45) is 1.64. The van der Waals surface area contributed by atoms with Crippen molar-refractivity contribution in [1.29, 1.82) is 0 Å². The highest BCUT2D eigenvalue weighted by Gasteiger charge is 2.17. The van der Waals surface area contributed by atoms with Gasteiger partial charge in [0.15, 0.2) is 4.80 Å². The molecule has 24 heavy (non-hydrogen) atoms. The molecule has 1 aliphatic heterocycles. The predicted octanol–water partition coefficient (Wildman–Crippen LogP) is 1.54. The maximum absolute atomic E-state index is 12.2. The highest BCUT2D eigenvalue weighted by Crippen LogP contribution is 2.30. The van der Waals surface area contributed by atoms with Crippen LogP contribution in [0.25, 0.3) is 17.4 Å². The van der Waals surface area contributed by atoms with Gasteiger partial charge in [0, 0.05) is 18.7 Å². The van der Waals surface area contributed by atoms with Gasteiger partial charge in [0.1, 0.15) is 11.5 Å². The number of para-hydroxylation sites is 1. The van der Waals surface area contributed by atoms with Crippen LogP contribution >= 0.6 is 11.3 Å². The summed E-state index contributed by atoms with van der Waals surface area (Å²) in [5.74, 6) is 0.864. The second-order valence-electron chi connectivity index (χ2n) is 5.21. The Bertz CT molecular complexity index is 1120. The third-order valence-corrected chi connectivity index (χ3v) is 4.77. The summed E-state index contributed by atoms with van der Waals surface area (Å²) < 4.78 is 7.87. The van der Waals surface area contributed by atoms with E-state index in [2.05, 4.69) is 4.99 Å². The van der Waals surface area contributed by atoms with E-state index >= 15 is 0 Å². The van der Waals surface area contributed by atoms with E-state index in [1.807, 2.05) is 0 Å². The number of hydrogen-bond donors (Lipinski definition) is 0. The van der Waals surface area contributed by atoms with Gasteiger partial charge in [-0.1, -0.05) is 23.5 Å². The van der Waals surface area contributed by atoms with Crippen LogP contribution < -0.4 is 14.9 Å². The number of rotatable bonds is 3. The molecule has 2 aromatic heterocycles. The monoisotopic (exact) mass is 341 g/mol. The van der Waals surface area contributed by atoms with Crippen molar-refractivity contribution in [3.63, 3.8) is 0 Å². The Kier molecular flexibility index (Phi) is 3.39. The van der Waals surface area contributed by atoms with Crippen molar-refractivity contribution in [2.75, 3.05) is 6.54 Å². The molecule has 0 atom stereocenters. The summed E-state index contributed by atoms with van der Waals surface area (Å²) in [5, 5.41) is 11.1. The molecular formula is C16H11N3O4S. The van der Waals surface area contributed by atoms with E-state index in [0.717, 1.165) is 4.80 Å². The summed E-state index contributed by atoms with van der Waals surface area (Å²) in [6, 6.07) is 9.74. The maximum atomic E-state index is 12.2. The van der Waals surface area contributed by atoms with Crippen molar-refractivity contribution in [2.24, 2.45) is 4.99 Å². The zero-order chi connectivity index (χ0) is 16.7. The number of nitro groups is 1. The molecule has 7 nitrogen and oxygen atoms in total. The second kappa shape index (κ2) is 5.57. The van der Waals surface area contributed by atoms with E-state index in [9.17, 15) is 14.9 Å². The maximum Gasteiger partial charge on any atom is 0.280 e. The number of fused-ring (bicyclic) bond motifs is 1. The van der Waals surface area contributed by atoms with Crippen LogP contribution in [0.2, 0.25) is 0 Å². The number of hydrogen-bond acceptors (Lipinski definition) is 6. The van der Waals surface area contributed by atoms with Crippen LogP contribution in [-0.4, -0.2) is 16.0 Å². The Labute approximate surface area is 139 Å². The first kappa shape index (κ1) is 14.6. The summed E-state index contributed by atoms with van der Waals surface area (Å²) in [4.78, 5) is 27.9. The lowest BCUT2D eigenvalue weighted by Crippen LogP contribution is -2.29. The number of aromatic nitrogens is 1. The van der Waals surface area contributed by atoms with Crippen LogP contribution in [-0.2, 0) is 6.54 Å². The van der Waals surface area contributed by atoms with Gasteiger partial charge in [-0.15, -0.1) is 0 Å². The molecule has 3 aromatic rings. The van der Waals surface area contributed by atoms with Gasteiger partial charge in [-0.3, -0.25) is 24.5 Å². The van der Waals surface area contributed by atoms with Gasteiger partial charge in [-0.2, -0.15) is 0 Å². The second-order valence-corrected chi connectivity index (χ2v) is 6.22. The number of nitrogens with zero attached hydrogens (tertiary/aromatic N) is 3. The van der Waals surface area contributed by atoms with E-state index in [0.29, 0.717) is 34.7 Å². The zero-order valence-corrected chi connectivity index (χ0v) is 13.2. The van der Waals surface area contributed by atoms with E-state index in [1.165, 1.54) is 17.4 Å². The number of furan rings is 1. The molecule has 120 valence electrons. The molecule has 3 heterocycles. The lowest BCUT2D eigenvalue weighted by Gasteiger charge is -1.98. The SMILES string of the molecule is O=c1/c(=C\c2ccc(-c3ccccc3[N+](=O)[O-])o2)sc2n1CCN=2. The normalized spacial score (nSPS) is 13.8. The Hall–Kier alpha value is -3.00. The fourth-order valence-electron chi connectivity index (χ4n) is 2.61. The van der Waals surface area contributed by atoms with Gasteiger partial charge in [-0.25, -0.2) is 0 Å². The Morgan fingerprint density at radius 3 is 2.92 bits per heavy atom. The predicted molar refractivity (Wildman–Crippen MR) is 88.6 cm³/mol. The molecule has 0 aliphatic carbocycles. The number of benzene rings is 1. The van der Waals surface area contributed by atoms with Gasteiger partial charge in [0.25, 0.3) is 11.2 Å². The fourth-order valence-corrected chi connectivity index (χ4v) is 3.62. The first-order valence-corrected chi connectivity index (χ1v) is 8.04. The molecule has 0 saturated heterocycles. The third kappa shape index (κ3) is 2.37. The molecule has 0 spiro atoms. The number of thiazole rings is 1. The Balaban J connectivity index is 1.79. The molecule has 0 amide bonds. The molecule has 4 rings (SSSR count). The number of nitro benzene ring substituents is 1. The molecule has 8 heteroatoms. The van der Waals surface area contributed by atoms with Crippen LogP contribution in [0.5, 0.6) is 0 Å². The molecule has 1 aromatic carbocycles. The van der Waals surface area contributed by atoms with E-state index in [1.54, 1.807) is 41.0 Å². The van der Waals surface area contributed by atoms with Gasteiger partial charge in [0.05, 0.1) is 21.6 Å². The first-order chi connectivity index (χ1) is 11.6. The molecule has 1 aliphatic rings. The van der Waals surface area contributed by atoms with Crippen molar-refractivity contribution in [1.82, 2.24) is 4.57 Å². The highest BCUT2D eigenvalue weighted by atomic mass is 32.1. The van der Waals surface area contributed by atoms with Gasteiger partial charge in [0.2, 0.25) is 0 Å². The van der Waals surface area contributed by atoms with E-state index in [-0.39, 0.29) is 11.2 Å². The van der Waals surface area contributed by atoms with Gasteiger partial charge in [-0.05, 0) is 18.2 Å². The molecule has 0 radical (unpaired) electrons. The lowest BCUT2D eigenvalue weighted by atomic mass is 10.1. The zero-order valence-electron chi connectivity index (χ0n) is 12.3.